The Hall–Kier alpha value is -7.28. The quantitative estimate of drug-likeness (QED) is 0.0757. The number of aromatic carboxylic acids is 1. The number of carbonyl (C=O) groups is 2. The average molecular weight is 911 g/mol. The molecule has 1 amide bonds. The van der Waals surface area contributed by atoms with Crippen molar-refractivity contribution in [3.8, 4) is 11.5 Å². The third-order valence-electron chi connectivity index (χ3n) is 10.6. The standard InChI is InChI=1S/C26H29N5O2.C13H18N4O2.C13H13NO.Li/c1-30(2)15-16-31(3)25-23-14-9-20(17-24(23)28-29-25)26(32)27-21-10-12-22(13-11-21)33-18-19-7-5-4-6-8-19;1-16(2)6-7-17(3)12-10-5-4-9(13(18)19)8-11(10)14-15-12;14-12-6-8-13(9-7-12)15-10-11-4-2-1-3-5-11;/h4-14,17H,15-16,18H2,1-3H3,(H,27,32)(H,28,29);4-5,8H,6-7H2,1-3H3,(H,14,15)(H,18,19);1-9H,10,14H2;/q;;;+1/p-1. The molecular weight excluding hydrogens is 852 g/mol. The zero-order valence-electron chi connectivity index (χ0n) is 39.9. The van der Waals surface area contributed by atoms with Crippen LogP contribution in [-0.2, 0) is 13.2 Å². The van der Waals surface area contributed by atoms with E-state index < -0.39 is 5.97 Å². The number of ether oxygens (including phenoxy) is 2. The molecule has 0 radical (unpaired) electrons. The van der Waals surface area contributed by atoms with E-state index in [4.69, 9.17) is 15.2 Å². The van der Waals surface area contributed by atoms with E-state index in [2.05, 4.69) is 40.4 Å². The first-order valence-electron chi connectivity index (χ1n) is 21.8. The van der Waals surface area contributed by atoms with Crippen LogP contribution >= 0.6 is 0 Å². The number of aromatic nitrogens is 4. The van der Waals surface area contributed by atoms with Gasteiger partial charge in [-0.25, -0.2) is 0 Å². The molecule has 0 saturated carbocycles. The molecule has 0 fully saturated rings. The zero-order chi connectivity index (χ0) is 47.7. The normalized spacial score (nSPS) is 10.6. The van der Waals surface area contributed by atoms with Crippen molar-refractivity contribution >= 4 is 56.7 Å². The van der Waals surface area contributed by atoms with Crippen molar-refractivity contribution < 1.29 is 43.0 Å². The molecule has 0 bridgehead atoms. The van der Waals surface area contributed by atoms with Gasteiger partial charge < -0.3 is 50.0 Å². The summed E-state index contributed by atoms with van der Waals surface area (Å²) in [5.41, 5.74) is 11.6. The van der Waals surface area contributed by atoms with Crippen LogP contribution in [0.2, 0.25) is 0 Å². The van der Waals surface area contributed by atoms with Gasteiger partial charge in [0, 0.05) is 68.0 Å². The molecule has 16 heteroatoms. The van der Waals surface area contributed by atoms with Gasteiger partial charge in [-0.05, 0) is 124 Å². The summed E-state index contributed by atoms with van der Waals surface area (Å²) >= 11 is 0. The molecule has 0 unspecified atom stereocenters. The van der Waals surface area contributed by atoms with Crippen LogP contribution < -0.4 is 54.3 Å². The number of carboxylic acid groups (broad SMARTS) is 1. The van der Waals surface area contributed by atoms with Crippen molar-refractivity contribution in [2.75, 3.05) is 89.3 Å². The minimum Gasteiger partial charge on any atom is -0.545 e. The van der Waals surface area contributed by atoms with Gasteiger partial charge in [0.1, 0.15) is 24.7 Å². The van der Waals surface area contributed by atoms with Crippen LogP contribution in [0.25, 0.3) is 21.8 Å². The fourth-order valence-electron chi connectivity index (χ4n) is 6.66. The number of anilines is 4. The van der Waals surface area contributed by atoms with Gasteiger partial charge >= 0.3 is 18.9 Å². The number of nitrogen functional groups attached to an aromatic ring is 1. The Kier molecular flexibility index (Phi) is 19.4. The van der Waals surface area contributed by atoms with Crippen molar-refractivity contribution in [1.29, 1.82) is 0 Å². The van der Waals surface area contributed by atoms with E-state index in [1.165, 1.54) is 6.07 Å². The summed E-state index contributed by atoms with van der Waals surface area (Å²) in [5, 5.41) is 30.2. The summed E-state index contributed by atoms with van der Waals surface area (Å²) in [6, 6.07) is 45.3. The van der Waals surface area contributed by atoms with Gasteiger partial charge in [0.2, 0.25) is 0 Å². The van der Waals surface area contributed by atoms with Crippen LogP contribution in [0, 0.1) is 0 Å². The number of nitrogens with zero attached hydrogens (tertiary/aromatic N) is 6. The number of carboxylic acids is 1. The first-order chi connectivity index (χ1) is 32.3. The monoisotopic (exact) mass is 910 g/mol. The maximum atomic E-state index is 12.8. The van der Waals surface area contributed by atoms with Crippen LogP contribution in [0.5, 0.6) is 11.5 Å². The number of rotatable bonds is 17. The molecule has 5 N–H and O–H groups in total. The first kappa shape index (κ1) is 51.7. The molecule has 8 aromatic rings. The second-order valence-electron chi connectivity index (χ2n) is 16.4. The number of fused-ring (bicyclic) bond motifs is 2. The van der Waals surface area contributed by atoms with E-state index in [9.17, 15) is 14.7 Å². The predicted molar refractivity (Wildman–Crippen MR) is 267 cm³/mol. The van der Waals surface area contributed by atoms with Crippen LogP contribution in [0.1, 0.15) is 31.8 Å². The fraction of sp³-hybridized carbons (Fsp3) is 0.231. The van der Waals surface area contributed by atoms with Crippen LogP contribution in [-0.4, -0.2) is 111 Å². The molecule has 6 aromatic carbocycles. The molecule has 0 spiro atoms. The number of nitrogens with two attached hydrogens (primary N) is 1. The molecule has 0 aliphatic carbocycles. The topological polar surface area (TPSA) is 184 Å². The Morgan fingerprint density at radius 3 is 1.44 bits per heavy atom. The molecule has 0 aliphatic heterocycles. The summed E-state index contributed by atoms with van der Waals surface area (Å²) in [4.78, 5) is 32.0. The molecule has 2 aromatic heterocycles. The van der Waals surface area contributed by atoms with E-state index >= 15 is 0 Å². The molecule has 68 heavy (non-hydrogen) atoms. The van der Waals surface area contributed by atoms with E-state index in [0.717, 1.165) is 82.4 Å². The van der Waals surface area contributed by atoms with Crippen molar-refractivity contribution in [2.24, 2.45) is 0 Å². The molecule has 15 nitrogen and oxygen atoms in total. The smallest absolute Gasteiger partial charge is 0.545 e. The number of nitrogens with one attached hydrogen (secondary N) is 3. The molecular formula is C52H59LiN10O5. The third kappa shape index (κ3) is 15.4. The fourth-order valence-corrected chi connectivity index (χ4v) is 6.66. The van der Waals surface area contributed by atoms with E-state index in [-0.39, 0.29) is 30.3 Å². The maximum Gasteiger partial charge on any atom is 1.00 e. The first-order valence-corrected chi connectivity index (χ1v) is 21.8. The number of carbonyl (C=O) groups excluding carboxylic acids is 2. The molecule has 2 heterocycles. The number of amides is 1. The Bertz CT molecular complexity index is 2780. The van der Waals surface area contributed by atoms with Gasteiger partial charge in [0.25, 0.3) is 5.91 Å². The second kappa shape index (κ2) is 25.6. The number of H-pyrrole nitrogens is 2. The zero-order valence-corrected chi connectivity index (χ0v) is 39.9. The van der Waals surface area contributed by atoms with Crippen LogP contribution in [0.15, 0.2) is 146 Å². The Morgan fingerprint density at radius 2 is 1.00 bits per heavy atom. The van der Waals surface area contributed by atoms with Crippen molar-refractivity contribution in [3.05, 3.63) is 168 Å². The van der Waals surface area contributed by atoms with Gasteiger partial charge in [-0.2, -0.15) is 10.2 Å². The van der Waals surface area contributed by atoms with Gasteiger partial charge in [-0.15, -0.1) is 0 Å². The average Bonchev–Trinajstić information content (AvgIpc) is 3.97. The van der Waals surface area contributed by atoms with Crippen LogP contribution in [0.4, 0.5) is 23.0 Å². The number of hydrogen-bond donors (Lipinski definition) is 4. The van der Waals surface area contributed by atoms with Crippen LogP contribution in [0.3, 0.4) is 0 Å². The third-order valence-corrected chi connectivity index (χ3v) is 10.6. The number of aromatic amines is 2. The Morgan fingerprint density at radius 1 is 0.574 bits per heavy atom. The number of hydrogen-bond acceptors (Lipinski definition) is 12. The Labute approximate surface area is 410 Å². The van der Waals surface area contributed by atoms with Crippen molar-refractivity contribution in [1.82, 2.24) is 30.2 Å². The van der Waals surface area contributed by atoms with Gasteiger partial charge in [-0.1, -0.05) is 66.7 Å². The molecule has 8 rings (SSSR count). The number of benzene rings is 6. The van der Waals surface area contributed by atoms with Crippen molar-refractivity contribution in [3.63, 3.8) is 0 Å². The Balaban J connectivity index is 0.000000209. The van der Waals surface area contributed by atoms with Crippen molar-refractivity contribution in [2.45, 2.75) is 13.2 Å². The predicted octanol–water partition coefficient (Wildman–Crippen LogP) is 4.17. The summed E-state index contributed by atoms with van der Waals surface area (Å²) < 4.78 is 11.4. The number of likely N-dealkylation sites (N-methyl/N-ethyl adjacent to an activating group) is 4. The van der Waals surface area contributed by atoms with E-state index in [1.54, 1.807) is 12.1 Å². The summed E-state index contributed by atoms with van der Waals surface area (Å²) in [6.45, 7) is 4.65. The largest absolute Gasteiger partial charge is 1.00 e. The van der Waals surface area contributed by atoms with Gasteiger partial charge in [0.05, 0.1) is 17.0 Å². The molecule has 348 valence electrons. The summed E-state index contributed by atoms with van der Waals surface area (Å²) in [5.74, 6) is 1.94. The van der Waals surface area contributed by atoms with Gasteiger partial charge in [-0.3, -0.25) is 15.0 Å². The molecule has 0 saturated heterocycles. The molecule has 0 aliphatic rings. The van der Waals surface area contributed by atoms with E-state index in [1.807, 2.05) is 175 Å². The maximum absolute atomic E-state index is 12.8. The molecule has 0 atom stereocenters. The summed E-state index contributed by atoms with van der Waals surface area (Å²) in [6.07, 6.45) is 0. The van der Waals surface area contributed by atoms with E-state index in [0.29, 0.717) is 30.0 Å². The SMILES string of the molecule is CN(C)CCN(C)c1n[nH]c2cc(C(=O)Nc3ccc(OCc4ccccc4)cc3)ccc12.CN(C)CCN(C)c1n[nH]c2cc(C(=O)[O-])ccc12.Nc1ccc(OCc2ccccc2)cc1.[Li+]. The van der Waals surface area contributed by atoms with Gasteiger partial charge in [0.15, 0.2) is 11.6 Å². The minimum absolute atomic E-state index is 0. The second-order valence-corrected chi connectivity index (χ2v) is 16.4. The summed E-state index contributed by atoms with van der Waals surface area (Å²) in [7, 11) is 12.1. The minimum atomic E-state index is -1.18.